The molecule has 0 spiro atoms. The quantitative estimate of drug-likeness (QED) is 0.801. The molecule has 0 aliphatic rings. The minimum atomic E-state index is 0.0907. The van der Waals surface area contributed by atoms with Crippen molar-refractivity contribution in [1.82, 2.24) is 0 Å². The second-order valence-corrected chi connectivity index (χ2v) is 4.63. The predicted molar refractivity (Wildman–Crippen MR) is 69.3 cm³/mol. The fraction of sp³-hybridized carbons (Fsp3) is 0.167. The Labute approximate surface area is 97.4 Å². The summed E-state index contributed by atoms with van der Waals surface area (Å²) in [4.78, 5) is 0. The first-order chi connectivity index (χ1) is 6.70. The second kappa shape index (κ2) is 3.87. The van der Waals surface area contributed by atoms with E-state index >= 15 is 0 Å². The maximum Gasteiger partial charge on any atom is 0.0282 e. The lowest BCUT2D eigenvalue weighted by atomic mass is 10.0. The third-order valence-electron chi connectivity index (χ3n) is 2.37. The molecule has 0 amide bonds. The zero-order valence-electron chi connectivity index (χ0n) is 8.00. The largest absolute Gasteiger partial charge is 0.324 e. The summed E-state index contributed by atoms with van der Waals surface area (Å²) >= 11 is 2.34. The van der Waals surface area contributed by atoms with E-state index in [-0.39, 0.29) is 6.04 Å². The molecule has 0 fully saturated rings. The van der Waals surface area contributed by atoms with Gasteiger partial charge < -0.3 is 5.73 Å². The molecule has 0 aliphatic carbocycles. The fourth-order valence-corrected chi connectivity index (χ4v) is 2.69. The summed E-state index contributed by atoms with van der Waals surface area (Å²) in [5.74, 6) is 0. The summed E-state index contributed by atoms with van der Waals surface area (Å²) in [6.07, 6.45) is 0. The van der Waals surface area contributed by atoms with Crippen LogP contribution in [0.5, 0.6) is 0 Å². The molecule has 2 aromatic carbocycles. The Hall–Kier alpha value is -0.610. The van der Waals surface area contributed by atoms with E-state index in [1.807, 2.05) is 6.92 Å². The highest BCUT2D eigenvalue weighted by molar-refractivity contribution is 14.1. The van der Waals surface area contributed by atoms with Gasteiger partial charge in [0.25, 0.3) is 0 Å². The van der Waals surface area contributed by atoms with Crippen LogP contribution in [0, 0.1) is 3.57 Å². The topological polar surface area (TPSA) is 26.0 Å². The zero-order chi connectivity index (χ0) is 10.1. The van der Waals surface area contributed by atoms with E-state index in [9.17, 15) is 0 Å². The van der Waals surface area contributed by atoms with Crippen molar-refractivity contribution in [2.75, 3.05) is 0 Å². The second-order valence-electron chi connectivity index (χ2n) is 3.47. The first kappa shape index (κ1) is 9.93. The monoisotopic (exact) mass is 297 g/mol. The smallest absolute Gasteiger partial charge is 0.0282 e. The van der Waals surface area contributed by atoms with Crippen LogP contribution < -0.4 is 5.73 Å². The molecule has 2 aromatic rings. The van der Waals surface area contributed by atoms with Gasteiger partial charge in [-0.1, -0.05) is 30.3 Å². The number of rotatable bonds is 1. The van der Waals surface area contributed by atoms with Crippen molar-refractivity contribution in [2.24, 2.45) is 5.73 Å². The molecule has 0 saturated heterocycles. The molecule has 0 bridgehead atoms. The molecule has 2 N–H and O–H groups in total. The Balaban J connectivity index is 2.83. The van der Waals surface area contributed by atoms with E-state index in [4.69, 9.17) is 5.73 Å². The molecule has 2 heteroatoms. The average molecular weight is 297 g/mol. The Bertz CT molecular complexity index is 463. The SMILES string of the molecule is CC(N)c1c(I)ccc2ccccc12. The molecule has 0 saturated carbocycles. The van der Waals surface area contributed by atoms with Crippen LogP contribution in [0.3, 0.4) is 0 Å². The number of benzene rings is 2. The standard InChI is InChI=1S/C12H12IN/c1-8(14)12-10-5-3-2-4-9(10)6-7-11(12)13/h2-8H,14H2,1H3. The van der Waals surface area contributed by atoms with Crippen molar-refractivity contribution in [2.45, 2.75) is 13.0 Å². The Morgan fingerprint density at radius 1 is 1.14 bits per heavy atom. The van der Waals surface area contributed by atoms with Gasteiger partial charge in [0.15, 0.2) is 0 Å². The molecule has 0 heterocycles. The van der Waals surface area contributed by atoms with Crippen LogP contribution in [0.1, 0.15) is 18.5 Å². The van der Waals surface area contributed by atoms with Crippen LogP contribution in [0.4, 0.5) is 0 Å². The molecule has 0 aromatic heterocycles. The third kappa shape index (κ3) is 1.64. The van der Waals surface area contributed by atoms with Gasteiger partial charge in [-0.05, 0) is 51.9 Å². The van der Waals surface area contributed by atoms with Gasteiger partial charge in [0.2, 0.25) is 0 Å². The van der Waals surface area contributed by atoms with Gasteiger partial charge in [-0.3, -0.25) is 0 Å². The van der Waals surface area contributed by atoms with E-state index in [1.54, 1.807) is 0 Å². The van der Waals surface area contributed by atoms with Crippen LogP contribution in [0.15, 0.2) is 36.4 Å². The molecule has 2 rings (SSSR count). The van der Waals surface area contributed by atoms with E-state index in [2.05, 4.69) is 59.0 Å². The van der Waals surface area contributed by atoms with Crippen LogP contribution in [0.25, 0.3) is 10.8 Å². The molecular formula is C12H12IN. The lowest BCUT2D eigenvalue weighted by molar-refractivity contribution is 0.821. The van der Waals surface area contributed by atoms with Crippen molar-refractivity contribution in [3.05, 3.63) is 45.5 Å². The Kier molecular flexibility index (Phi) is 2.74. The summed E-state index contributed by atoms with van der Waals surface area (Å²) in [6, 6.07) is 12.7. The first-order valence-corrected chi connectivity index (χ1v) is 5.71. The average Bonchev–Trinajstić information content (AvgIpc) is 2.17. The number of nitrogens with two attached hydrogens (primary N) is 1. The molecule has 0 aliphatic heterocycles. The van der Waals surface area contributed by atoms with E-state index < -0.39 is 0 Å². The number of fused-ring (bicyclic) bond motifs is 1. The van der Waals surface area contributed by atoms with E-state index in [0.29, 0.717) is 0 Å². The molecule has 72 valence electrons. The molecular weight excluding hydrogens is 285 g/mol. The van der Waals surface area contributed by atoms with Crippen LogP contribution in [-0.4, -0.2) is 0 Å². The molecule has 1 unspecified atom stereocenters. The molecule has 14 heavy (non-hydrogen) atoms. The van der Waals surface area contributed by atoms with Crippen molar-refractivity contribution < 1.29 is 0 Å². The van der Waals surface area contributed by atoms with E-state index in [0.717, 1.165) is 0 Å². The van der Waals surface area contributed by atoms with Gasteiger partial charge in [0, 0.05) is 9.61 Å². The van der Waals surface area contributed by atoms with Gasteiger partial charge in [-0.25, -0.2) is 0 Å². The first-order valence-electron chi connectivity index (χ1n) is 4.63. The maximum atomic E-state index is 5.98. The van der Waals surface area contributed by atoms with Gasteiger partial charge in [0.1, 0.15) is 0 Å². The normalized spacial score (nSPS) is 13.1. The minimum Gasteiger partial charge on any atom is -0.324 e. The van der Waals surface area contributed by atoms with Crippen molar-refractivity contribution in [3.8, 4) is 0 Å². The van der Waals surface area contributed by atoms with Gasteiger partial charge in [-0.15, -0.1) is 0 Å². The summed E-state index contributed by atoms with van der Waals surface area (Å²) < 4.78 is 1.25. The highest BCUT2D eigenvalue weighted by Gasteiger charge is 2.08. The van der Waals surface area contributed by atoms with Gasteiger partial charge in [0.05, 0.1) is 0 Å². The third-order valence-corrected chi connectivity index (χ3v) is 3.31. The molecule has 1 atom stereocenters. The predicted octanol–water partition coefficient (Wildman–Crippen LogP) is 3.46. The van der Waals surface area contributed by atoms with Crippen molar-refractivity contribution in [3.63, 3.8) is 0 Å². The Morgan fingerprint density at radius 3 is 2.57 bits per heavy atom. The summed E-state index contributed by atoms with van der Waals surface area (Å²) in [7, 11) is 0. The highest BCUT2D eigenvalue weighted by Crippen LogP contribution is 2.27. The van der Waals surface area contributed by atoms with Crippen LogP contribution in [0.2, 0.25) is 0 Å². The summed E-state index contributed by atoms with van der Waals surface area (Å²) in [5, 5.41) is 2.54. The number of halogens is 1. The Morgan fingerprint density at radius 2 is 1.86 bits per heavy atom. The van der Waals surface area contributed by atoms with Crippen LogP contribution >= 0.6 is 22.6 Å². The molecule has 1 nitrogen and oxygen atoms in total. The summed E-state index contributed by atoms with van der Waals surface area (Å²) in [6.45, 7) is 2.03. The fourth-order valence-electron chi connectivity index (χ4n) is 1.73. The zero-order valence-corrected chi connectivity index (χ0v) is 10.2. The maximum absolute atomic E-state index is 5.98. The minimum absolute atomic E-state index is 0.0907. The van der Waals surface area contributed by atoms with Crippen LogP contribution in [-0.2, 0) is 0 Å². The van der Waals surface area contributed by atoms with E-state index in [1.165, 1.54) is 19.9 Å². The lowest BCUT2D eigenvalue weighted by Crippen LogP contribution is -2.07. The van der Waals surface area contributed by atoms with Crippen molar-refractivity contribution in [1.29, 1.82) is 0 Å². The number of hydrogen-bond acceptors (Lipinski definition) is 1. The van der Waals surface area contributed by atoms with Gasteiger partial charge in [-0.2, -0.15) is 0 Å². The van der Waals surface area contributed by atoms with Crippen molar-refractivity contribution >= 4 is 33.4 Å². The highest BCUT2D eigenvalue weighted by atomic mass is 127. The van der Waals surface area contributed by atoms with Gasteiger partial charge >= 0.3 is 0 Å². The number of hydrogen-bond donors (Lipinski definition) is 1. The lowest BCUT2D eigenvalue weighted by Gasteiger charge is -2.12. The summed E-state index contributed by atoms with van der Waals surface area (Å²) in [5.41, 5.74) is 7.23. The molecule has 0 radical (unpaired) electrons.